The van der Waals surface area contributed by atoms with E-state index in [0.717, 1.165) is 12.1 Å². The fourth-order valence-corrected chi connectivity index (χ4v) is 1.38. The maximum atomic E-state index is 11.8. The summed E-state index contributed by atoms with van der Waals surface area (Å²) in [5, 5.41) is 0. The van der Waals surface area contributed by atoms with Crippen LogP contribution in [0.2, 0.25) is 0 Å². The van der Waals surface area contributed by atoms with Crippen molar-refractivity contribution < 1.29 is 9.53 Å². The SMILES string of the molecule is CCCOC(=O)c1cc(N)ccc1N(C)C. The first-order valence-corrected chi connectivity index (χ1v) is 5.30. The van der Waals surface area contributed by atoms with E-state index in [1.807, 2.05) is 32.0 Å². The van der Waals surface area contributed by atoms with Crippen LogP contribution in [0.1, 0.15) is 23.7 Å². The summed E-state index contributed by atoms with van der Waals surface area (Å²) >= 11 is 0. The van der Waals surface area contributed by atoms with Crippen LogP contribution in [0, 0.1) is 0 Å². The van der Waals surface area contributed by atoms with Crippen molar-refractivity contribution in [2.75, 3.05) is 31.3 Å². The number of carbonyl (C=O) groups excluding carboxylic acids is 1. The lowest BCUT2D eigenvalue weighted by Gasteiger charge is -2.17. The van der Waals surface area contributed by atoms with Crippen LogP contribution in [0.4, 0.5) is 11.4 Å². The van der Waals surface area contributed by atoms with Gasteiger partial charge in [0, 0.05) is 19.8 Å². The van der Waals surface area contributed by atoms with Gasteiger partial charge in [-0.2, -0.15) is 0 Å². The molecular weight excluding hydrogens is 204 g/mol. The van der Waals surface area contributed by atoms with E-state index in [-0.39, 0.29) is 5.97 Å². The van der Waals surface area contributed by atoms with E-state index in [2.05, 4.69) is 0 Å². The van der Waals surface area contributed by atoms with Gasteiger partial charge in [0.2, 0.25) is 0 Å². The number of benzene rings is 1. The summed E-state index contributed by atoms with van der Waals surface area (Å²) in [6.45, 7) is 2.39. The Morgan fingerprint density at radius 3 is 2.69 bits per heavy atom. The fraction of sp³-hybridized carbons (Fsp3) is 0.417. The summed E-state index contributed by atoms with van der Waals surface area (Å²) in [7, 11) is 3.75. The van der Waals surface area contributed by atoms with E-state index in [0.29, 0.717) is 17.9 Å². The van der Waals surface area contributed by atoms with Crippen LogP contribution in [-0.4, -0.2) is 26.7 Å². The summed E-state index contributed by atoms with van der Waals surface area (Å²) in [6.07, 6.45) is 0.811. The van der Waals surface area contributed by atoms with Crippen LogP contribution in [0.25, 0.3) is 0 Å². The molecule has 0 aliphatic carbocycles. The molecule has 4 nitrogen and oxygen atoms in total. The number of hydrogen-bond acceptors (Lipinski definition) is 4. The molecule has 0 saturated heterocycles. The van der Waals surface area contributed by atoms with Crippen molar-refractivity contribution in [2.45, 2.75) is 13.3 Å². The first-order valence-electron chi connectivity index (χ1n) is 5.30. The first kappa shape index (κ1) is 12.4. The molecule has 0 bridgehead atoms. The Morgan fingerprint density at radius 2 is 2.12 bits per heavy atom. The lowest BCUT2D eigenvalue weighted by atomic mass is 10.1. The van der Waals surface area contributed by atoms with E-state index >= 15 is 0 Å². The standard InChI is InChI=1S/C12H18N2O2/c1-4-7-16-12(15)10-8-9(13)5-6-11(10)14(2)3/h5-6,8H,4,7,13H2,1-3H3. The molecule has 0 atom stereocenters. The highest BCUT2D eigenvalue weighted by molar-refractivity contribution is 5.96. The Balaban J connectivity index is 3.00. The molecule has 0 spiro atoms. The molecule has 0 saturated carbocycles. The number of nitrogen functional groups attached to an aromatic ring is 1. The van der Waals surface area contributed by atoms with Crippen molar-refractivity contribution in [3.05, 3.63) is 23.8 Å². The molecule has 0 amide bonds. The molecule has 0 aromatic heterocycles. The second-order valence-electron chi connectivity index (χ2n) is 3.81. The molecule has 0 radical (unpaired) electrons. The van der Waals surface area contributed by atoms with Gasteiger partial charge in [-0.3, -0.25) is 0 Å². The molecule has 1 rings (SSSR count). The molecule has 88 valence electrons. The van der Waals surface area contributed by atoms with Gasteiger partial charge in [0.05, 0.1) is 17.9 Å². The number of rotatable bonds is 4. The zero-order chi connectivity index (χ0) is 12.1. The predicted molar refractivity (Wildman–Crippen MR) is 65.8 cm³/mol. The summed E-state index contributed by atoms with van der Waals surface area (Å²) in [5.41, 5.74) is 7.56. The number of hydrogen-bond donors (Lipinski definition) is 1. The van der Waals surface area contributed by atoms with Gasteiger partial charge in [0.25, 0.3) is 0 Å². The van der Waals surface area contributed by atoms with Gasteiger partial charge in [-0.25, -0.2) is 4.79 Å². The largest absolute Gasteiger partial charge is 0.462 e. The summed E-state index contributed by atoms with van der Waals surface area (Å²) < 4.78 is 5.10. The second kappa shape index (κ2) is 5.39. The van der Waals surface area contributed by atoms with E-state index in [4.69, 9.17) is 10.5 Å². The van der Waals surface area contributed by atoms with Gasteiger partial charge in [0.15, 0.2) is 0 Å². The van der Waals surface area contributed by atoms with Crippen LogP contribution in [0.3, 0.4) is 0 Å². The lowest BCUT2D eigenvalue weighted by molar-refractivity contribution is 0.0506. The monoisotopic (exact) mass is 222 g/mol. The maximum Gasteiger partial charge on any atom is 0.340 e. The number of nitrogens with zero attached hydrogens (tertiary/aromatic N) is 1. The van der Waals surface area contributed by atoms with Gasteiger partial charge in [-0.15, -0.1) is 0 Å². The topological polar surface area (TPSA) is 55.6 Å². The van der Waals surface area contributed by atoms with Crippen molar-refractivity contribution in [3.8, 4) is 0 Å². The maximum absolute atomic E-state index is 11.8. The van der Waals surface area contributed by atoms with Gasteiger partial charge in [-0.05, 0) is 24.6 Å². The quantitative estimate of drug-likeness (QED) is 0.624. The molecule has 0 aliphatic heterocycles. The number of esters is 1. The third-order valence-electron chi connectivity index (χ3n) is 2.16. The predicted octanol–water partition coefficient (Wildman–Crippen LogP) is 1.90. The van der Waals surface area contributed by atoms with Crippen LogP contribution in [-0.2, 0) is 4.74 Å². The van der Waals surface area contributed by atoms with Gasteiger partial charge < -0.3 is 15.4 Å². The number of nitrogens with two attached hydrogens (primary N) is 1. The van der Waals surface area contributed by atoms with Crippen LogP contribution < -0.4 is 10.6 Å². The summed E-state index contributed by atoms with van der Waals surface area (Å²) in [6, 6.07) is 5.23. The molecule has 0 aliphatic rings. The fourth-order valence-electron chi connectivity index (χ4n) is 1.38. The Kier molecular flexibility index (Phi) is 4.17. The van der Waals surface area contributed by atoms with Gasteiger partial charge >= 0.3 is 5.97 Å². The van der Waals surface area contributed by atoms with Gasteiger partial charge in [0.1, 0.15) is 0 Å². The zero-order valence-electron chi connectivity index (χ0n) is 9.99. The number of ether oxygens (including phenoxy) is 1. The molecule has 0 heterocycles. The minimum absolute atomic E-state index is 0.321. The summed E-state index contributed by atoms with van der Waals surface area (Å²) in [4.78, 5) is 13.6. The second-order valence-corrected chi connectivity index (χ2v) is 3.81. The molecule has 1 aromatic carbocycles. The highest BCUT2D eigenvalue weighted by atomic mass is 16.5. The van der Waals surface area contributed by atoms with Crippen LogP contribution in [0.15, 0.2) is 18.2 Å². The Labute approximate surface area is 96.0 Å². The van der Waals surface area contributed by atoms with Crippen molar-refractivity contribution in [1.82, 2.24) is 0 Å². The highest BCUT2D eigenvalue weighted by Gasteiger charge is 2.14. The van der Waals surface area contributed by atoms with Crippen molar-refractivity contribution in [3.63, 3.8) is 0 Å². The average Bonchev–Trinajstić information content (AvgIpc) is 2.25. The smallest absolute Gasteiger partial charge is 0.340 e. The average molecular weight is 222 g/mol. The van der Waals surface area contributed by atoms with E-state index in [1.165, 1.54) is 0 Å². The van der Waals surface area contributed by atoms with Gasteiger partial charge in [-0.1, -0.05) is 6.92 Å². The van der Waals surface area contributed by atoms with E-state index < -0.39 is 0 Å². The molecule has 16 heavy (non-hydrogen) atoms. The number of anilines is 2. The lowest BCUT2D eigenvalue weighted by Crippen LogP contribution is -2.16. The van der Waals surface area contributed by atoms with Crippen LogP contribution >= 0.6 is 0 Å². The van der Waals surface area contributed by atoms with E-state index in [1.54, 1.807) is 12.1 Å². The Morgan fingerprint density at radius 1 is 1.44 bits per heavy atom. The Hall–Kier alpha value is -1.71. The van der Waals surface area contributed by atoms with Crippen molar-refractivity contribution >= 4 is 17.3 Å². The molecule has 4 heteroatoms. The molecule has 2 N–H and O–H groups in total. The summed E-state index contributed by atoms with van der Waals surface area (Å²) in [5.74, 6) is -0.321. The minimum atomic E-state index is -0.321. The molecule has 0 unspecified atom stereocenters. The molecule has 0 fully saturated rings. The minimum Gasteiger partial charge on any atom is -0.462 e. The Bertz CT molecular complexity index is 375. The van der Waals surface area contributed by atoms with E-state index in [9.17, 15) is 4.79 Å². The molecular formula is C12H18N2O2. The highest BCUT2D eigenvalue weighted by Crippen LogP contribution is 2.22. The number of carbonyl (C=O) groups is 1. The normalized spacial score (nSPS) is 9.94. The van der Waals surface area contributed by atoms with Crippen LogP contribution in [0.5, 0.6) is 0 Å². The zero-order valence-corrected chi connectivity index (χ0v) is 9.99. The third kappa shape index (κ3) is 2.89. The third-order valence-corrected chi connectivity index (χ3v) is 2.16. The van der Waals surface area contributed by atoms with Crippen molar-refractivity contribution in [1.29, 1.82) is 0 Å². The first-order chi connectivity index (χ1) is 7.56. The van der Waals surface area contributed by atoms with Crippen molar-refractivity contribution in [2.24, 2.45) is 0 Å². The molecule has 1 aromatic rings.